The summed E-state index contributed by atoms with van der Waals surface area (Å²) in [6, 6.07) is 8.53. The quantitative estimate of drug-likeness (QED) is 0.823. The highest BCUT2D eigenvalue weighted by Gasteiger charge is 2.30. The zero-order valence-corrected chi connectivity index (χ0v) is 10.2. The summed E-state index contributed by atoms with van der Waals surface area (Å²) in [4.78, 5) is 2.25. The molecular weight excluding hydrogens is 198 g/mol. The topological polar surface area (TPSA) is 23.5 Å². The summed E-state index contributed by atoms with van der Waals surface area (Å²) in [5.41, 5.74) is 2.50. The summed E-state index contributed by atoms with van der Waals surface area (Å²) < 4.78 is 0. The van der Waals surface area contributed by atoms with Crippen molar-refractivity contribution < 1.29 is 5.11 Å². The van der Waals surface area contributed by atoms with Gasteiger partial charge in [-0.25, -0.2) is 0 Å². The third-order valence-electron chi connectivity index (χ3n) is 3.35. The van der Waals surface area contributed by atoms with Crippen LogP contribution in [0.25, 0.3) is 0 Å². The van der Waals surface area contributed by atoms with Crippen LogP contribution in [0.15, 0.2) is 24.3 Å². The summed E-state index contributed by atoms with van der Waals surface area (Å²) in [5, 5.41) is 9.96. The van der Waals surface area contributed by atoms with Crippen molar-refractivity contribution in [3.63, 3.8) is 0 Å². The van der Waals surface area contributed by atoms with E-state index in [1.54, 1.807) is 0 Å². The predicted octanol–water partition coefficient (Wildman–Crippen LogP) is 2.59. The van der Waals surface area contributed by atoms with Crippen LogP contribution in [0.2, 0.25) is 0 Å². The van der Waals surface area contributed by atoms with Gasteiger partial charge in [-0.15, -0.1) is 0 Å². The Hall–Kier alpha value is -1.02. The van der Waals surface area contributed by atoms with Crippen LogP contribution in [0.3, 0.4) is 0 Å². The van der Waals surface area contributed by atoms with Crippen LogP contribution in [-0.4, -0.2) is 24.3 Å². The van der Waals surface area contributed by atoms with E-state index in [4.69, 9.17) is 0 Å². The number of rotatable bonds is 5. The van der Waals surface area contributed by atoms with Gasteiger partial charge in [0.2, 0.25) is 0 Å². The summed E-state index contributed by atoms with van der Waals surface area (Å²) in [5.74, 6) is 0.555. The van der Waals surface area contributed by atoms with Gasteiger partial charge in [0.1, 0.15) is 0 Å². The summed E-state index contributed by atoms with van der Waals surface area (Å²) >= 11 is 0. The molecule has 2 heteroatoms. The molecule has 1 N–H and O–H groups in total. The Morgan fingerprint density at radius 2 is 1.94 bits per heavy atom. The number of likely N-dealkylation sites (N-methyl/N-ethyl adjacent to an activating group) is 1. The maximum atomic E-state index is 9.96. The maximum absolute atomic E-state index is 9.96. The van der Waals surface area contributed by atoms with Gasteiger partial charge in [-0.05, 0) is 44.7 Å². The van der Waals surface area contributed by atoms with Crippen molar-refractivity contribution in [1.29, 1.82) is 0 Å². The zero-order valence-electron chi connectivity index (χ0n) is 10.2. The lowest BCUT2D eigenvalue weighted by atomic mass is 10.2. The Balaban J connectivity index is 2.00. The van der Waals surface area contributed by atoms with Gasteiger partial charge >= 0.3 is 0 Å². The fraction of sp³-hybridized carbons (Fsp3) is 0.571. The molecule has 0 radical (unpaired) electrons. The van der Waals surface area contributed by atoms with Gasteiger partial charge in [-0.1, -0.05) is 17.7 Å². The fourth-order valence-corrected chi connectivity index (χ4v) is 2.03. The standard InChI is InChI=1S/C14H21NO/c1-3-15(10-14(16)12-6-7-12)13-8-4-11(2)5-9-13/h4-5,8-9,12,14,16H,3,6-7,10H2,1-2H3. The minimum Gasteiger partial charge on any atom is -0.391 e. The fourth-order valence-electron chi connectivity index (χ4n) is 2.03. The van der Waals surface area contributed by atoms with E-state index in [1.165, 1.54) is 24.1 Å². The van der Waals surface area contributed by atoms with Crippen molar-refractivity contribution in [2.45, 2.75) is 32.8 Å². The number of anilines is 1. The first kappa shape index (κ1) is 11.5. The van der Waals surface area contributed by atoms with Crippen LogP contribution in [0.4, 0.5) is 5.69 Å². The first-order chi connectivity index (χ1) is 7.70. The zero-order chi connectivity index (χ0) is 11.5. The predicted molar refractivity (Wildman–Crippen MR) is 67.8 cm³/mol. The van der Waals surface area contributed by atoms with E-state index >= 15 is 0 Å². The van der Waals surface area contributed by atoms with Crippen molar-refractivity contribution in [2.24, 2.45) is 5.92 Å². The highest BCUT2D eigenvalue weighted by Crippen LogP contribution is 2.33. The summed E-state index contributed by atoms with van der Waals surface area (Å²) in [7, 11) is 0. The molecule has 0 heterocycles. The Kier molecular flexibility index (Phi) is 3.49. The normalized spacial score (nSPS) is 17.2. The van der Waals surface area contributed by atoms with Crippen LogP contribution in [0, 0.1) is 12.8 Å². The molecule has 0 amide bonds. The Morgan fingerprint density at radius 3 is 2.44 bits per heavy atom. The number of aliphatic hydroxyl groups is 1. The van der Waals surface area contributed by atoms with Gasteiger partial charge in [0, 0.05) is 18.8 Å². The van der Waals surface area contributed by atoms with Gasteiger partial charge in [-0.3, -0.25) is 0 Å². The smallest absolute Gasteiger partial charge is 0.0743 e. The molecule has 1 aromatic rings. The van der Waals surface area contributed by atoms with Crippen LogP contribution in [0.5, 0.6) is 0 Å². The summed E-state index contributed by atoms with van der Waals surface area (Å²) in [6.07, 6.45) is 2.25. The van der Waals surface area contributed by atoms with Crippen molar-refractivity contribution >= 4 is 5.69 Å². The Morgan fingerprint density at radius 1 is 1.31 bits per heavy atom. The lowest BCUT2D eigenvalue weighted by Crippen LogP contribution is -2.33. The van der Waals surface area contributed by atoms with Crippen LogP contribution < -0.4 is 4.90 Å². The summed E-state index contributed by atoms with van der Waals surface area (Å²) in [6.45, 7) is 5.95. The monoisotopic (exact) mass is 219 g/mol. The van der Waals surface area contributed by atoms with Crippen LogP contribution in [-0.2, 0) is 0 Å². The van der Waals surface area contributed by atoms with Gasteiger partial charge in [0.25, 0.3) is 0 Å². The molecule has 0 aromatic heterocycles. The average molecular weight is 219 g/mol. The van der Waals surface area contributed by atoms with Crippen LogP contribution >= 0.6 is 0 Å². The molecule has 16 heavy (non-hydrogen) atoms. The van der Waals surface area contributed by atoms with E-state index in [0.717, 1.165) is 13.1 Å². The molecule has 0 bridgehead atoms. The molecule has 1 unspecified atom stereocenters. The van der Waals surface area contributed by atoms with Crippen molar-refractivity contribution in [1.82, 2.24) is 0 Å². The Bertz CT molecular complexity index is 329. The molecule has 1 atom stereocenters. The number of nitrogens with zero attached hydrogens (tertiary/aromatic N) is 1. The third-order valence-corrected chi connectivity index (χ3v) is 3.35. The van der Waals surface area contributed by atoms with Gasteiger partial charge < -0.3 is 10.0 Å². The van der Waals surface area contributed by atoms with E-state index in [2.05, 4.69) is 43.0 Å². The number of benzene rings is 1. The molecule has 0 aliphatic heterocycles. The maximum Gasteiger partial charge on any atom is 0.0743 e. The number of aryl methyl sites for hydroxylation is 1. The average Bonchev–Trinajstić information content (AvgIpc) is 3.11. The van der Waals surface area contributed by atoms with E-state index in [0.29, 0.717) is 5.92 Å². The highest BCUT2D eigenvalue weighted by atomic mass is 16.3. The second kappa shape index (κ2) is 4.88. The largest absolute Gasteiger partial charge is 0.391 e. The molecule has 1 aliphatic carbocycles. The Labute approximate surface area is 97.9 Å². The molecule has 1 aliphatic rings. The van der Waals surface area contributed by atoms with E-state index in [9.17, 15) is 5.11 Å². The first-order valence-corrected chi connectivity index (χ1v) is 6.20. The molecule has 1 saturated carbocycles. The molecule has 1 fully saturated rings. The highest BCUT2D eigenvalue weighted by molar-refractivity contribution is 5.47. The van der Waals surface area contributed by atoms with Gasteiger partial charge in [-0.2, -0.15) is 0 Å². The number of hydrogen-bond donors (Lipinski definition) is 1. The van der Waals surface area contributed by atoms with Gasteiger partial charge in [0.15, 0.2) is 0 Å². The second-order valence-electron chi connectivity index (χ2n) is 4.78. The number of aliphatic hydroxyl groups excluding tert-OH is 1. The lowest BCUT2D eigenvalue weighted by Gasteiger charge is -2.26. The molecule has 2 nitrogen and oxygen atoms in total. The van der Waals surface area contributed by atoms with E-state index in [-0.39, 0.29) is 6.10 Å². The van der Waals surface area contributed by atoms with Crippen molar-refractivity contribution in [2.75, 3.05) is 18.0 Å². The van der Waals surface area contributed by atoms with E-state index < -0.39 is 0 Å². The molecule has 2 rings (SSSR count). The number of hydrogen-bond acceptors (Lipinski definition) is 2. The minimum atomic E-state index is -0.152. The van der Waals surface area contributed by atoms with E-state index in [1.807, 2.05) is 0 Å². The molecule has 0 saturated heterocycles. The second-order valence-corrected chi connectivity index (χ2v) is 4.78. The SMILES string of the molecule is CCN(CC(O)C1CC1)c1ccc(C)cc1. The minimum absolute atomic E-state index is 0.152. The first-order valence-electron chi connectivity index (χ1n) is 6.20. The van der Waals surface area contributed by atoms with Gasteiger partial charge in [0.05, 0.1) is 6.10 Å². The molecule has 88 valence electrons. The van der Waals surface area contributed by atoms with Crippen molar-refractivity contribution in [3.8, 4) is 0 Å². The lowest BCUT2D eigenvalue weighted by molar-refractivity contribution is 0.157. The molecule has 0 spiro atoms. The third kappa shape index (κ3) is 2.76. The molecular formula is C14H21NO. The van der Waals surface area contributed by atoms with Crippen LogP contribution in [0.1, 0.15) is 25.3 Å². The van der Waals surface area contributed by atoms with Crippen molar-refractivity contribution in [3.05, 3.63) is 29.8 Å². The molecule has 1 aromatic carbocycles.